The van der Waals surface area contributed by atoms with Gasteiger partial charge < -0.3 is 4.74 Å². The summed E-state index contributed by atoms with van der Waals surface area (Å²) in [4.78, 5) is 0. The van der Waals surface area contributed by atoms with E-state index in [1.54, 1.807) is 0 Å². The van der Waals surface area contributed by atoms with Gasteiger partial charge in [0.1, 0.15) is 5.75 Å². The molecule has 0 bridgehead atoms. The maximum atomic E-state index is 5.92. The first-order valence-electron chi connectivity index (χ1n) is 8.21. The summed E-state index contributed by atoms with van der Waals surface area (Å²) < 4.78 is 5.92. The standard InChI is InChI=1S/C20H24O/c1-2-3-6-16-7-4-8-18(15-16)17-11-13-20(14-12-17)21-19-9-5-10-19/h4,7-8,11-15,19H,2-3,5-6,9-10H2,1H3. The van der Waals surface area contributed by atoms with Crippen LogP contribution in [0.25, 0.3) is 11.1 Å². The van der Waals surface area contributed by atoms with Crippen molar-refractivity contribution in [2.45, 2.75) is 51.6 Å². The Kier molecular flexibility index (Phi) is 4.59. The van der Waals surface area contributed by atoms with Crippen LogP contribution in [0.3, 0.4) is 0 Å². The van der Waals surface area contributed by atoms with Gasteiger partial charge in [-0.15, -0.1) is 0 Å². The Morgan fingerprint density at radius 3 is 2.48 bits per heavy atom. The fraction of sp³-hybridized carbons (Fsp3) is 0.400. The molecule has 0 radical (unpaired) electrons. The molecule has 1 fully saturated rings. The third-order valence-corrected chi connectivity index (χ3v) is 4.29. The minimum absolute atomic E-state index is 0.452. The molecule has 0 spiro atoms. The van der Waals surface area contributed by atoms with Gasteiger partial charge in [-0.1, -0.05) is 49.7 Å². The number of rotatable bonds is 6. The van der Waals surface area contributed by atoms with Crippen LogP contribution < -0.4 is 4.74 Å². The van der Waals surface area contributed by atoms with E-state index in [0.29, 0.717) is 6.10 Å². The SMILES string of the molecule is CCCCc1cccc(-c2ccc(OC3CCC3)cc2)c1. The molecule has 0 saturated heterocycles. The van der Waals surface area contributed by atoms with Crippen LogP contribution in [0.2, 0.25) is 0 Å². The number of hydrogen-bond donors (Lipinski definition) is 0. The van der Waals surface area contributed by atoms with Gasteiger partial charge in [0.15, 0.2) is 0 Å². The van der Waals surface area contributed by atoms with Gasteiger partial charge in [0.2, 0.25) is 0 Å². The monoisotopic (exact) mass is 280 g/mol. The number of unbranched alkanes of at least 4 members (excludes halogenated alkanes) is 1. The molecule has 1 heteroatoms. The third kappa shape index (κ3) is 3.66. The number of hydrogen-bond acceptors (Lipinski definition) is 1. The molecule has 1 saturated carbocycles. The molecule has 0 aromatic heterocycles. The molecule has 0 unspecified atom stereocenters. The molecule has 0 atom stereocenters. The summed E-state index contributed by atoms with van der Waals surface area (Å²) in [6, 6.07) is 17.5. The van der Waals surface area contributed by atoms with E-state index in [0.717, 1.165) is 5.75 Å². The largest absolute Gasteiger partial charge is 0.490 e. The van der Waals surface area contributed by atoms with Gasteiger partial charge in [0.25, 0.3) is 0 Å². The van der Waals surface area contributed by atoms with Crippen LogP contribution >= 0.6 is 0 Å². The highest BCUT2D eigenvalue weighted by molar-refractivity contribution is 5.64. The minimum atomic E-state index is 0.452. The predicted octanol–water partition coefficient (Wildman–Crippen LogP) is 5.63. The van der Waals surface area contributed by atoms with Crippen LogP contribution in [0.4, 0.5) is 0 Å². The second kappa shape index (κ2) is 6.80. The second-order valence-corrected chi connectivity index (χ2v) is 6.00. The maximum Gasteiger partial charge on any atom is 0.119 e. The van der Waals surface area contributed by atoms with Crippen molar-refractivity contribution in [2.75, 3.05) is 0 Å². The van der Waals surface area contributed by atoms with Crippen molar-refractivity contribution in [3.05, 3.63) is 54.1 Å². The second-order valence-electron chi connectivity index (χ2n) is 6.00. The lowest BCUT2D eigenvalue weighted by Gasteiger charge is -2.26. The van der Waals surface area contributed by atoms with E-state index in [1.165, 1.54) is 55.2 Å². The molecule has 1 aliphatic carbocycles. The summed E-state index contributed by atoms with van der Waals surface area (Å²) in [6.45, 7) is 2.24. The minimum Gasteiger partial charge on any atom is -0.490 e. The highest BCUT2D eigenvalue weighted by Gasteiger charge is 2.18. The smallest absolute Gasteiger partial charge is 0.119 e. The number of ether oxygens (including phenoxy) is 1. The van der Waals surface area contributed by atoms with Crippen molar-refractivity contribution in [2.24, 2.45) is 0 Å². The zero-order valence-corrected chi connectivity index (χ0v) is 12.8. The van der Waals surface area contributed by atoms with Crippen LogP contribution in [-0.2, 0) is 6.42 Å². The molecule has 110 valence electrons. The summed E-state index contributed by atoms with van der Waals surface area (Å²) >= 11 is 0. The van der Waals surface area contributed by atoms with Gasteiger partial charge in [-0.2, -0.15) is 0 Å². The lowest BCUT2D eigenvalue weighted by molar-refractivity contribution is 0.120. The average Bonchev–Trinajstić information content (AvgIpc) is 2.50. The van der Waals surface area contributed by atoms with E-state index in [9.17, 15) is 0 Å². The molecule has 0 heterocycles. The van der Waals surface area contributed by atoms with Crippen molar-refractivity contribution >= 4 is 0 Å². The van der Waals surface area contributed by atoms with Gasteiger partial charge >= 0.3 is 0 Å². The summed E-state index contributed by atoms with van der Waals surface area (Å²) in [5.74, 6) is 1.01. The van der Waals surface area contributed by atoms with E-state index in [-0.39, 0.29) is 0 Å². The molecule has 0 aliphatic heterocycles. The van der Waals surface area contributed by atoms with Crippen LogP contribution in [0.5, 0.6) is 5.75 Å². The molecule has 0 N–H and O–H groups in total. The average molecular weight is 280 g/mol. The van der Waals surface area contributed by atoms with Crippen molar-refractivity contribution in [3.63, 3.8) is 0 Å². The van der Waals surface area contributed by atoms with E-state index in [2.05, 4.69) is 55.5 Å². The van der Waals surface area contributed by atoms with Crippen LogP contribution in [0.1, 0.15) is 44.6 Å². The Hall–Kier alpha value is -1.76. The maximum absolute atomic E-state index is 5.92. The fourth-order valence-electron chi connectivity index (χ4n) is 2.69. The fourth-order valence-corrected chi connectivity index (χ4v) is 2.69. The van der Waals surface area contributed by atoms with Crippen LogP contribution in [0.15, 0.2) is 48.5 Å². The van der Waals surface area contributed by atoms with E-state index >= 15 is 0 Å². The number of benzene rings is 2. The van der Waals surface area contributed by atoms with Crippen molar-refractivity contribution in [1.82, 2.24) is 0 Å². The Balaban J connectivity index is 1.70. The van der Waals surface area contributed by atoms with Gasteiger partial charge in [0.05, 0.1) is 6.10 Å². The van der Waals surface area contributed by atoms with Crippen LogP contribution in [0, 0.1) is 0 Å². The van der Waals surface area contributed by atoms with Gasteiger partial charge in [-0.3, -0.25) is 0 Å². The zero-order chi connectivity index (χ0) is 14.5. The Morgan fingerprint density at radius 2 is 1.81 bits per heavy atom. The molecule has 3 rings (SSSR count). The molecular formula is C20H24O. The lowest BCUT2D eigenvalue weighted by Crippen LogP contribution is -2.24. The van der Waals surface area contributed by atoms with Crippen molar-refractivity contribution in [1.29, 1.82) is 0 Å². The quantitative estimate of drug-likeness (QED) is 0.666. The molecule has 1 nitrogen and oxygen atoms in total. The van der Waals surface area contributed by atoms with E-state index in [4.69, 9.17) is 4.74 Å². The normalized spacial score (nSPS) is 14.7. The molecule has 1 aliphatic rings. The molecule has 2 aromatic rings. The topological polar surface area (TPSA) is 9.23 Å². The third-order valence-electron chi connectivity index (χ3n) is 4.29. The summed E-state index contributed by atoms with van der Waals surface area (Å²) in [5, 5.41) is 0. The van der Waals surface area contributed by atoms with Gasteiger partial charge in [-0.05, 0) is 60.9 Å². The predicted molar refractivity (Wildman–Crippen MR) is 88.8 cm³/mol. The Morgan fingerprint density at radius 1 is 1.00 bits per heavy atom. The molecule has 21 heavy (non-hydrogen) atoms. The van der Waals surface area contributed by atoms with Gasteiger partial charge in [-0.25, -0.2) is 0 Å². The Bertz CT molecular complexity index is 567. The van der Waals surface area contributed by atoms with Crippen LogP contribution in [-0.4, -0.2) is 6.10 Å². The van der Waals surface area contributed by atoms with Crippen molar-refractivity contribution in [3.8, 4) is 16.9 Å². The summed E-state index contributed by atoms with van der Waals surface area (Å²) in [7, 11) is 0. The van der Waals surface area contributed by atoms with Gasteiger partial charge in [0, 0.05) is 0 Å². The highest BCUT2D eigenvalue weighted by Crippen LogP contribution is 2.28. The van der Waals surface area contributed by atoms with E-state index < -0.39 is 0 Å². The molecular weight excluding hydrogens is 256 g/mol. The molecule has 0 amide bonds. The Labute approximate surface area is 128 Å². The van der Waals surface area contributed by atoms with E-state index in [1.807, 2.05) is 0 Å². The van der Waals surface area contributed by atoms with Crippen molar-refractivity contribution < 1.29 is 4.74 Å². The number of aryl methyl sites for hydroxylation is 1. The lowest BCUT2D eigenvalue weighted by atomic mass is 9.96. The summed E-state index contributed by atoms with van der Waals surface area (Å²) in [5.41, 5.74) is 4.01. The molecule has 2 aromatic carbocycles. The highest BCUT2D eigenvalue weighted by atomic mass is 16.5. The first-order valence-corrected chi connectivity index (χ1v) is 8.21. The zero-order valence-electron chi connectivity index (χ0n) is 12.8. The first kappa shape index (κ1) is 14.2. The summed E-state index contributed by atoms with van der Waals surface area (Å²) in [6.07, 6.45) is 7.87. The first-order chi connectivity index (χ1) is 10.3.